The van der Waals surface area contributed by atoms with Crippen LogP contribution in [0, 0.1) is 0 Å². The number of aromatic carboxylic acids is 1. The molecule has 0 fully saturated rings. The Bertz CT molecular complexity index is 806. The van der Waals surface area contributed by atoms with Crippen LogP contribution < -0.4 is 9.83 Å². The quantitative estimate of drug-likeness (QED) is 0.920. The Morgan fingerprint density at radius 2 is 1.76 bits per heavy atom. The normalized spacial score (nSPS) is 11.1. The highest BCUT2D eigenvalue weighted by atomic mass is 35.5. The Kier molecular flexibility index (Phi) is 4.41. The van der Waals surface area contributed by atoms with E-state index < -0.39 is 16.0 Å². The summed E-state index contributed by atoms with van der Waals surface area (Å²) in [5.74, 6) is -1.46. The Balaban J connectivity index is 2.36. The molecule has 0 bridgehead atoms. The zero-order valence-corrected chi connectivity index (χ0v) is 12.7. The van der Waals surface area contributed by atoms with E-state index >= 15 is 0 Å². The highest BCUT2D eigenvalue weighted by Crippen LogP contribution is 2.26. The summed E-state index contributed by atoms with van der Waals surface area (Å²) in [6.45, 7) is 0. The molecule has 1 N–H and O–H groups in total. The van der Waals surface area contributed by atoms with Crippen molar-refractivity contribution in [3.8, 4) is 0 Å². The summed E-state index contributed by atoms with van der Waals surface area (Å²) in [5, 5.41) is 11.2. The molecule has 2 aromatic carbocycles. The molecular weight excluding hydrogens is 337 g/mol. The molecule has 0 amide bonds. The van der Waals surface area contributed by atoms with Crippen molar-refractivity contribution < 1.29 is 18.3 Å². The third-order valence-corrected chi connectivity index (χ3v) is 4.67. The van der Waals surface area contributed by atoms with Crippen LogP contribution in [0.25, 0.3) is 0 Å². The predicted octanol–water partition coefficient (Wildman–Crippen LogP) is 2.16. The average Bonchev–Trinajstić information content (AvgIpc) is 2.43. The second-order valence-electron chi connectivity index (χ2n) is 4.05. The van der Waals surface area contributed by atoms with Crippen LogP contribution in [0.5, 0.6) is 0 Å². The van der Waals surface area contributed by atoms with Crippen molar-refractivity contribution in [2.45, 2.75) is 4.90 Å². The summed E-state index contributed by atoms with van der Waals surface area (Å²) in [6.07, 6.45) is 0. The number of benzene rings is 2. The molecule has 0 radical (unpaired) electrons. The molecule has 0 aliphatic rings. The summed E-state index contributed by atoms with van der Waals surface area (Å²) in [7, 11) is -3.94. The molecule has 0 aliphatic carbocycles. The summed E-state index contributed by atoms with van der Waals surface area (Å²) in [6, 6.07) is 9.07. The van der Waals surface area contributed by atoms with Crippen molar-refractivity contribution in [2.24, 2.45) is 0 Å². The predicted molar refractivity (Wildman–Crippen MR) is 78.0 cm³/mol. The number of carbonyl (C=O) groups is 1. The number of hydrogen-bond donors (Lipinski definition) is 1. The van der Waals surface area contributed by atoms with Crippen molar-refractivity contribution >= 4 is 44.9 Å². The van der Waals surface area contributed by atoms with E-state index in [2.05, 4.69) is 4.72 Å². The molecule has 0 heterocycles. The molecule has 21 heavy (non-hydrogen) atoms. The topological polar surface area (TPSA) is 86.3 Å². The number of carbonyl (C=O) groups excluding carboxylic acids is 1. The lowest BCUT2D eigenvalue weighted by Crippen LogP contribution is -2.23. The summed E-state index contributed by atoms with van der Waals surface area (Å²) in [5.41, 5.74) is -0.0183. The second kappa shape index (κ2) is 5.93. The summed E-state index contributed by atoms with van der Waals surface area (Å²) >= 11 is 11.5. The van der Waals surface area contributed by atoms with Crippen LogP contribution in [-0.2, 0) is 10.0 Å². The second-order valence-corrected chi connectivity index (χ2v) is 6.55. The van der Waals surface area contributed by atoms with Gasteiger partial charge in [-0.15, -0.1) is 0 Å². The number of halogens is 2. The van der Waals surface area contributed by atoms with Crippen molar-refractivity contribution in [2.75, 3.05) is 4.72 Å². The number of anilines is 1. The lowest BCUT2D eigenvalue weighted by Gasteiger charge is -2.10. The first kappa shape index (κ1) is 15.6. The third-order valence-electron chi connectivity index (χ3n) is 2.55. The minimum Gasteiger partial charge on any atom is -0.545 e. The molecular formula is C13H8Cl2NO4S-. The number of hydrogen-bond acceptors (Lipinski definition) is 4. The van der Waals surface area contributed by atoms with Gasteiger partial charge in [0.05, 0.1) is 26.6 Å². The highest BCUT2D eigenvalue weighted by Gasteiger charge is 2.15. The van der Waals surface area contributed by atoms with Crippen LogP contribution in [0.3, 0.4) is 0 Å². The first-order chi connectivity index (χ1) is 9.79. The number of sulfonamides is 1. The Hall–Kier alpha value is -1.76. The van der Waals surface area contributed by atoms with Gasteiger partial charge >= 0.3 is 0 Å². The number of carboxylic acids is 1. The maximum absolute atomic E-state index is 12.2. The monoisotopic (exact) mass is 344 g/mol. The zero-order chi connectivity index (χ0) is 15.6. The molecule has 0 aromatic heterocycles. The van der Waals surface area contributed by atoms with E-state index in [0.717, 1.165) is 6.07 Å². The number of rotatable bonds is 4. The van der Waals surface area contributed by atoms with E-state index in [1.807, 2.05) is 0 Å². The van der Waals surface area contributed by atoms with Gasteiger partial charge in [-0.2, -0.15) is 0 Å². The standard InChI is InChI=1S/C13H9Cl2NO4S/c14-11-5-4-9(7-12(11)15)16-21(19,20)10-3-1-2-8(6-10)13(17)18/h1-7,16H,(H,17,18)/p-1. The molecule has 0 spiro atoms. The van der Waals surface area contributed by atoms with Gasteiger partial charge in [-0.05, 0) is 35.9 Å². The van der Waals surface area contributed by atoms with Gasteiger partial charge < -0.3 is 9.90 Å². The average molecular weight is 345 g/mol. The molecule has 0 saturated carbocycles. The van der Waals surface area contributed by atoms with Crippen LogP contribution in [-0.4, -0.2) is 14.4 Å². The molecule has 2 aromatic rings. The maximum atomic E-state index is 12.2. The van der Waals surface area contributed by atoms with Crippen molar-refractivity contribution in [3.63, 3.8) is 0 Å². The van der Waals surface area contributed by atoms with Gasteiger partial charge in [0.1, 0.15) is 0 Å². The van der Waals surface area contributed by atoms with Gasteiger partial charge in [0, 0.05) is 0 Å². The van der Waals surface area contributed by atoms with Crippen LogP contribution in [0.2, 0.25) is 10.0 Å². The largest absolute Gasteiger partial charge is 0.545 e. The van der Waals surface area contributed by atoms with E-state index in [4.69, 9.17) is 23.2 Å². The molecule has 0 saturated heterocycles. The lowest BCUT2D eigenvalue weighted by atomic mass is 10.2. The van der Waals surface area contributed by atoms with Gasteiger partial charge in [-0.1, -0.05) is 35.3 Å². The zero-order valence-electron chi connectivity index (χ0n) is 10.3. The van der Waals surface area contributed by atoms with Gasteiger partial charge in [0.15, 0.2) is 0 Å². The molecule has 0 unspecified atom stereocenters. The fourth-order valence-electron chi connectivity index (χ4n) is 1.56. The number of nitrogens with one attached hydrogen (secondary N) is 1. The van der Waals surface area contributed by atoms with Crippen LogP contribution in [0.4, 0.5) is 5.69 Å². The summed E-state index contributed by atoms with van der Waals surface area (Å²) in [4.78, 5) is 10.6. The minimum atomic E-state index is -3.94. The Morgan fingerprint density at radius 3 is 2.38 bits per heavy atom. The van der Waals surface area contributed by atoms with Gasteiger partial charge in [-0.25, -0.2) is 8.42 Å². The highest BCUT2D eigenvalue weighted by molar-refractivity contribution is 7.92. The lowest BCUT2D eigenvalue weighted by molar-refractivity contribution is -0.255. The van der Waals surface area contributed by atoms with E-state index in [1.54, 1.807) is 0 Å². The SMILES string of the molecule is O=C([O-])c1cccc(S(=O)(=O)Nc2ccc(Cl)c(Cl)c2)c1. The van der Waals surface area contributed by atoms with Crippen molar-refractivity contribution in [1.82, 2.24) is 0 Å². The molecule has 8 heteroatoms. The Labute approximate surface area is 131 Å². The minimum absolute atomic E-state index is 0.195. The van der Waals surface area contributed by atoms with Crippen molar-refractivity contribution in [1.29, 1.82) is 0 Å². The third kappa shape index (κ3) is 3.66. The van der Waals surface area contributed by atoms with Crippen LogP contribution in [0.1, 0.15) is 10.4 Å². The number of carboxylic acid groups (broad SMARTS) is 1. The molecule has 0 atom stereocenters. The first-order valence-corrected chi connectivity index (χ1v) is 7.83. The van der Waals surface area contributed by atoms with Gasteiger partial charge in [0.25, 0.3) is 10.0 Å². The molecule has 2 rings (SSSR count). The van der Waals surface area contributed by atoms with E-state index in [1.165, 1.54) is 36.4 Å². The maximum Gasteiger partial charge on any atom is 0.261 e. The molecule has 5 nitrogen and oxygen atoms in total. The van der Waals surface area contributed by atoms with Gasteiger partial charge in [0.2, 0.25) is 0 Å². The Morgan fingerprint density at radius 1 is 1.05 bits per heavy atom. The van der Waals surface area contributed by atoms with E-state index in [0.29, 0.717) is 5.02 Å². The van der Waals surface area contributed by atoms with E-state index in [-0.39, 0.29) is 21.2 Å². The van der Waals surface area contributed by atoms with E-state index in [9.17, 15) is 18.3 Å². The van der Waals surface area contributed by atoms with Crippen LogP contribution >= 0.6 is 23.2 Å². The van der Waals surface area contributed by atoms with Crippen LogP contribution in [0.15, 0.2) is 47.4 Å². The fourth-order valence-corrected chi connectivity index (χ4v) is 2.96. The van der Waals surface area contributed by atoms with Crippen molar-refractivity contribution in [3.05, 3.63) is 58.1 Å². The smallest absolute Gasteiger partial charge is 0.261 e. The fraction of sp³-hybridized carbons (Fsp3) is 0. The molecule has 110 valence electrons. The first-order valence-electron chi connectivity index (χ1n) is 5.59. The molecule has 0 aliphatic heterocycles. The van der Waals surface area contributed by atoms with Gasteiger partial charge in [-0.3, -0.25) is 4.72 Å². The summed E-state index contributed by atoms with van der Waals surface area (Å²) < 4.78 is 26.6.